The smallest absolute Gasteiger partial charge is 0.196 e. The van der Waals surface area contributed by atoms with E-state index in [0.29, 0.717) is 39.4 Å². The fourth-order valence-corrected chi connectivity index (χ4v) is 6.02. The molecule has 0 spiro atoms. The molecule has 0 aliphatic rings. The maximum Gasteiger partial charge on any atom is 0.196 e. The highest BCUT2D eigenvalue weighted by molar-refractivity contribution is 5.99. The largest absolute Gasteiger partial charge is 0.493 e. The van der Waals surface area contributed by atoms with Crippen molar-refractivity contribution in [1.82, 2.24) is 14.3 Å². The first-order valence-corrected chi connectivity index (χ1v) is 14.9. The minimum atomic E-state index is -1.08. The Morgan fingerprint density at radius 3 is 2.56 bits per heavy atom. The summed E-state index contributed by atoms with van der Waals surface area (Å²) in [6, 6.07) is 20.7. The second kappa shape index (κ2) is 13.9. The van der Waals surface area contributed by atoms with Gasteiger partial charge < -0.3 is 23.9 Å². The Hall–Kier alpha value is -4.17. The molecule has 2 heterocycles. The molecule has 224 valence electrons. The molecule has 2 aromatic heterocycles. The van der Waals surface area contributed by atoms with Gasteiger partial charge in [-0.1, -0.05) is 66.7 Å². The summed E-state index contributed by atoms with van der Waals surface area (Å²) in [5, 5.41) is 19.4. The molecule has 5 aromatic rings. The third kappa shape index (κ3) is 6.15. The fraction of sp³-hybridized carbons (Fsp3) is 0.306. The highest BCUT2D eigenvalue weighted by atomic mass is 16.6. The molecule has 0 saturated carbocycles. The van der Waals surface area contributed by atoms with Gasteiger partial charge in [-0.25, -0.2) is 0 Å². The lowest BCUT2D eigenvalue weighted by molar-refractivity contribution is -0.103. The summed E-state index contributed by atoms with van der Waals surface area (Å²) in [4.78, 5) is 0. The van der Waals surface area contributed by atoms with E-state index in [1.165, 1.54) is 0 Å². The summed E-state index contributed by atoms with van der Waals surface area (Å²) in [6.07, 6.45) is 3.99. The third-order valence-electron chi connectivity index (χ3n) is 7.76. The standard InChI is InChI=1S/C36H41N3O4/c1-6-21-39-34-28(17-12-18-30(34)33-25(4)37-38(5)31(33)24-41-22-7-2)29(35(39)36(40)42-8-3)19-13-23-43-32-20-11-15-26-14-9-10-16-27(26)32/h6-7,9-12,14-18,20,36,40H,1-2,8,13,19,21-24H2,3-5H3. The number of aliphatic hydroxyl groups is 1. The normalized spacial score (nSPS) is 12.2. The van der Waals surface area contributed by atoms with Gasteiger partial charge >= 0.3 is 0 Å². The quantitative estimate of drug-likeness (QED) is 0.0793. The van der Waals surface area contributed by atoms with Crippen LogP contribution in [0.5, 0.6) is 5.75 Å². The van der Waals surface area contributed by atoms with Crippen molar-refractivity contribution in [2.75, 3.05) is 19.8 Å². The molecule has 0 fully saturated rings. The van der Waals surface area contributed by atoms with E-state index < -0.39 is 6.29 Å². The molecule has 0 aliphatic heterocycles. The van der Waals surface area contributed by atoms with Crippen LogP contribution in [0.15, 0.2) is 86.0 Å². The molecular formula is C36H41N3O4. The Morgan fingerprint density at radius 2 is 1.77 bits per heavy atom. The van der Waals surface area contributed by atoms with Gasteiger partial charge in [-0.05, 0) is 43.7 Å². The number of aryl methyl sites for hydroxylation is 3. The number of hydrogen-bond donors (Lipinski definition) is 1. The van der Waals surface area contributed by atoms with Gasteiger partial charge in [0.1, 0.15) is 5.75 Å². The molecule has 1 atom stereocenters. The van der Waals surface area contributed by atoms with Crippen LogP contribution in [0, 0.1) is 6.92 Å². The summed E-state index contributed by atoms with van der Waals surface area (Å²) < 4.78 is 22.0. The van der Waals surface area contributed by atoms with Crippen molar-refractivity contribution in [2.45, 2.75) is 46.1 Å². The first kappa shape index (κ1) is 30.3. The minimum absolute atomic E-state index is 0.389. The lowest BCUT2D eigenvalue weighted by atomic mass is 9.98. The predicted molar refractivity (Wildman–Crippen MR) is 173 cm³/mol. The number of ether oxygens (including phenoxy) is 3. The van der Waals surface area contributed by atoms with E-state index in [4.69, 9.17) is 19.3 Å². The van der Waals surface area contributed by atoms with Crippen LogP contribution in [0.1, 0.15) is 42.3 Å². The molecule has 0 bridgehead atoms. The Labute approximate surface area is 253 Å². The Balaban J connectivity index is 1.56. The van der Waals surface area contributed by atoms with E-state index in [2.05, 4.69) is 54.1 Å². The Kier molecular flexibility index (Phi) is 9.77. The summed E-state index contributed by atoms with van der Waals surface area (Å²) in [5.41, 5.74) is 6.77. The molecule has 5 rings (SSSR count). The van der Waals surface area contributed by atoms with Crippen molar-refractivity contribution in [2.24, 2.45) is 7.05 Å². The molecule has 7 heteroatoms. The average Bonchev–Trinajstić information content (AvgIpc) is 3.48. The number of fused-ring (bicyclic) bond motifs is 2. The summed E-state index contributed by atoms with van der Waals surface area (Å²) >= 11 is 0. The summed E-state index contributed by atoms with van der Waals surface area (Å²) in [5.74, 6) is 0.877. The second-order valence-corrected chi connectivity index (χ2v) is 10.5. The molecule has 3 aromatic carbocycles. The van der Waals surface area contributed by atoms with Gasteiger partial charge in [-0.2, -0.15) is 5.10 Å². The van der Waals surface area contributed by atoms with Gasteiger partial charge in [0.2, 0.25) is 0 Å². The zero-order valence-electron chi connectivity index (χ0n) is 25.4. The number of aliphatic hydroxyl groups excluding tert-OH is 1. The fourth-order valence-electron chi connectivity index (χ4n) is 6.02. The molecule has 0 aliphatic carbocycles. The van der Waals surface area contributed by atoms with E-state index in [1.54, 1.807) is 6.08 Å². The minimum Gasteiger partial charge on any atom is -0.493 e. The van der Waals surface area contributed by atoms with Gasteiger partial charge in [-0.15, -0.1) is 13.2 Å². The van der Waals surface area contributed by atoms with E-state index in [0.717, 1.165) is 67.6 Å². The third-order valence-corrected chi connectivity index (χ3v) is 7.76. The van der Waals surface area contributed by atoms with Crippen LogP contribution < -0.4 is 4.74 Å². The van der Waals surface area contributed by atoms with E-state index in [9.17, 15) is 5.11 Å². The van der Waals surface area contributed by atoms with Crippen molar-refractivity contribution >= 4 is 21.7 Å². The van der Waals surface area contributed by atoms with Gasteiger partial charge in [0.15, 0.2) is 6.29 Å². The summed E-state index contributed by atoms with van der Waals surface area (Å²) in [6.45, 7) is 14.0. The molecule has 1 N–H and O–H groups in total. The van der Waals surface area contributed by atoms with Crippen molar-refractivity contribution in [3.63, 3.8) is 0 Å². The van der Waals surface area contributed by atoms with E-state index in [1.807, 2.05) is 55.9 Å². The van der Waals surface area contributed by atoms with Crippen LogP contribution in [0.25, 0.3) is 32.8 Å². The molecule has 1 unspecified atom stereocenters. The predicted octanol–water partition coefficient (Wildman–Crippen LogP) is 7.43. The SMILES string of the molecule is C=CCOCc1c(-c2cccc3c(CCCOc4cccc5ccccc45)c(C(O)OCC)n(CC=C)c23)c(C)nn1C. The number of benzene rings is 3. The van der Waals surface area contributed by atoms with Gasteiger partial charge in [0.25, 0.3) is 0 Å². The summed E-state index contributed by atoms with van der Waals surface area (Å²) in [7, 11) is 1.94. The highest BCUT2D eigenvalue weighted by Crippen LogP contribution is 2.40. The maximum absolute atomic E-state index is 11.3. The first-order chi connectivity index (χ1) is 21.0. The molecule has 7 nitrogen and oxygen atoms in total. The lowest BCUT2D eigenvalue weighted by Gasteiger charge is -2.17. The van der Waals surface area contributed by atoms with Gasteiger partial charge in [0, 0.05) is 42.1 Å². The van der Waals surface area contributed by atoms with Crippen molar-refractivity contribution in [1.29, 1.82) is 0 Å². The Bertz CT molecular complexity index is 1730. The van der Waals surface area contributed by atoms with E-state index >= 15 is 0 Å². The molecule has 43 heavy (non-hydrogen) atoms. The highest BCUT2D eigenvalue weighted by Gasteiger charge is 2.27. The number of rotatable bonds is 15. The van der Waals surface area contributed by atoms with E-state index in [-0.39, 0.29) is 0 Å². The van der Waals surface area contributed by atoms with Crippen LogP contribution in [0.4, 0.5) is 0 Å². The van der Waals surface area contributed by atoms with Crippen molar-refractivity contribution < 1.29 is 19.3 Å². The number of nitrogens with zero attached hydrogens (tertiary/aromatic N) is 3. The topological polar surface area (TPSA) is 70.7 Å². The number of allylic oxidation sites excluding steroid dienone is 1. The number of hydrogen-bond acceptors (Lipinski definition) is 5. The van der Waals surface area contributed by atoms with Crippen LogP contribution >= 0.6 is 0 Å². The maximum atomic E-state index is 11.3. The van der Waals surface area contributed by atoms with Crippen molar-refractivity contribution in [3.8, 4) is 16.9 Å². The lowest BCUT2D eigenvalue weighted by Crippen LogP contribution is -2.13. The average molecular weight is 580 g/mol. The number of aromatic nitrogens is 3. The number of para-hydroxylation sites is 1. The van der Waals surface area contributed by atoms with Gasteiger partial charge in [0.05, 0.1) is 42.4 Å². The molecule has 0 saturated heterocycles. The van der Waals surface area contributed by atoms with Crippen LogP contribution in [0.3, 0.4) is 0 Å². The first-order valence-electron chi connectivity index (χ1n) is 14.9. The molecule has 0 amide bonds. The van der Waals surface area contributed by atoms with Crippen LogP contribution in [0.2, 0.25) is 0 Å². The van der Waals surface area contributed by atoms with Crippen LogP contribution in [-0.4, -0.2) is 39.3 Å². The zero-order chi connectivity index (χ0) is 30.3. The van der Waals surface area contributed by atoms with Crippen LogP contribution in [-0.2, 0) is 36.1 Å². The molecule has 0 radical (unpaired) electrons. The zero-order valence-corrected chi connectivity index (χ0v) is 25.4. The second-order valence-electron chi connectivity index (χ2n) is 10.5. The van der Waals surface area contributed by atoms with Crippen molar-refractivity contribution in [3.05, 3.63) is 109 Å². The monoisotopic (exact) mass is 579 g/mol. The molecular weight excluding hydrogens is 538 g/mol. The Morgan fingerprint density at radius 1 is 1.00 bits per heavy atom. The van der Waals surface area contributed by atoms with Gasteiger partial charge in [-0.3, -0.25) is 4.68 Å².